The molecule has 6 nitrogen and oxygen atoms in total. The number of anilines is 2. The summed E-state index contributed by atoms with van der Waals surface area (Å²) in [6.45, 7) is 4.08. The molecule has 3 aliphatic rings. The highest BCUT2D eigenvalue weighted by molar-refractivity contribution is 7.92. The fourth-order valence-electron chi connectivity index (χ4n) is 5.29. The number of hydrogen-bond acceptors (Lipinski definition) is 4. The number of benzene rings is 1. The van der Waals surface area contributed by atoms with E-state index >= 15 is 0 Å². The normalized spacial score (nSPS) is 18.4. The van der Waals surface area contributed by atoms with Gasteiger partial charge in [0.1, 0.15) is 0 Å². The first-order chi connectivity index (χ1) is 15.3. The summed E-state index contributed by atoms with van der Waals surface area (Å²) in [4.78, 5) is 15.0. The van der Waals surface area contributed by atoms with Crippen molar-refractivity contribution < 1.29 is 8.42 Å². The Bertz CT molecular complexity index is 1250. The van der Waals surface area contributed by atoms with Crippen molar-refractivity contribution in [3.63, 3.8) is 0 Å². The molecule has 170 valence electrons. The van der Waals surface area contributed by atoms with Crippen molar-refractivity contribution in [3.8, 4) is 11.1 Å². The number of aryl methyl sites for hydroxylation is 1. The summed E-state index contributed by atoms with van der Waals surface area (Å²) >= 11 is 0. The number of nitrogens with one attached hydrogen (secondary N) is 1. The van der Waals surface area contributed by atoms with Gasteiger partial charge >= 0.3 is 0 Å². The number of pyridine rings is 1. The van der Waals surface area contributed by atoms with Gasteiger partial charge in [-0.2, -0.15) is 0 Å². The molecule has 0 unspecified atom stereocenters. The molecule has 1 aromatic carbocycles. The first kappa shape index (κ1) is 21.3. The van der Waals surface area contributed by atoms with Crippen molar-refractivity contribution in [1.82, 2.24) is 4.57 Å². The van der Waals surface area contributed by atoms with Gasteiger partial charge in [-0.25, -0.2) is 8.42 Å². The summed E-state index contributed by atoms with van der Waals surface area (Å²) in [6.07, 6.45) is 12.0. The fraction of sp³-hybridized carbons (Fsp3) is 0.480. The van der Waals surface area contributed by atoms with Gasteiger partial charge in [0.05, 0.1) is 5.75 Å². The minimum Gasteiger partial charge on any atom is -0.370 e. The smallest absolute Gasteiger partial charge is 0.254 e. The average molecular weight is 454 g/mol. The Morgan fingerprint density at radius 1 is 1.16 bits per heavy atom. The molecule has 2 aliphatic carbocycles. The Hall–Kier alpha value is -2.54. The van der Waals surface area contributed by atoms with E-state index in [4.69, 9.17) is 0 Å². The van der Waals surface area contributed by atoms with Crippen LogP contribution in [0.25, 0.3) is 17.2 Å². The van der Waals surface area contributed by atoms with Gasteiger partial charge in [-0.1, -0.05) is 31.9 Å². The molecule has 1 N–H and O–H groups in total. The van der Waals surface area contributed by atoms with Crippen LogP contribution in [0.5, 0.6) is 0 Å². The monoisotopic (exact) mass is 453 g/mol. The van der Waals surface area contributed by atoms with Gasteiger partial charge in [-0.3, -0.25) is 9.52 Å². The number of unbranched alkanes of at least 4 members (excludes halogenated alkanes) is 1. The van der Waals surface area contributed by atoms with Crippen LogP contribution >= 0.6 is 0 Å². The Labute approximate surface area is 190 Å². The van der Waals surface area contributed by atoms with Gasteiger partial charge < -0.3 is 9.47 Å². The number of aromatic nitrogens is 1. The SMILES string of the molecule is CCCCS(=O)(=O)Nc1ccc(N2CC3(CCC3)C2)c(-c2cn(C)c(=O)c3c2C=CC3)c1. The van der Waals surface area contributed by atoms with Crippen molar-refractivity contribution in [2.45, 2.75) is 45.4 Å². The number of nitrogens with zero attached hydrogens (tertiary/aromatic N) is 2. The van der Waals surface area contributed by atoms with Crippen molar-refractivity contribution in [3.05, 3.63) is 52.0 Å². The maximum absolute atomic E-state index is 12.6. The van der Waals surface area contributed by atoms with E-state index in [1.165, 1.54) is 19.3 Å². The van der Waals surface area contributed by atoms with E-state index in [-0.39, 0.29) is 11.3 Å². The molecule has 2 fully saturated rings. The van der Waals surface area contributed by atoms with Crippen LogP contribution in [0.2, 0.25) is 0 Å². The minimum absolute atomic E-state index is 0.0316. The second-order valence-electron chi connectivity index (χ2n) is 9.67. The van der Waals surface area contributed by atoms with E-state index in [0.29, 0.717) is 23.9 Å². The number of hydrogen-bond donors (Lipinski definition) is 1. The quantitative estimate of drug-likeness (QED) is 0.684. The number of rotatable bonds is 7. The molecule has 0 bridgehead atoms. The highest BCUT2D eigenvalue weighted by Crippen LogP contribution is 2.51. The predicted octanol–water partition coefficient (Wildman–Crippen LogP) is 4.15. The van der Waals surface area contributed by atoms with Gasteiger partial charge in [-0.05, 0) is 49.4 Å². The van der Waals surface area contributed by atoms with E-state index in [0.717, 1.165) is 47.5 Å². The van der Waals surface area contributed by atoms with Gasteiger partial charge in [0.25, 0.3) is 5.56 Å². The predicted molar refractivity (Wildman–Crippen MR) is 131 cm³/mol. The maximum Gasteiger partial charge on any atom is 0.254 e. The molecule has 32 heavy (non-hydrogen) atoms. The van der Waals surface area contributed by atoms with Crippen LogP contribution in [-0.2, 0) is 23.5 Å². The van der Waals surface area contributed by atoms with Gasteiger partial charge in [0.2, 0.25) is 10.0 Å². The third-order valence-electron chi connectivity index (χ3n) is 7.26. The third kappa shape index (κ3) is 3.66. The molecule has 0 atom stereocenters. The molecule has 1 saturated carbocycles. The zero-order chi connectivity index (χ0) is 22.5. The molecule has 0 radical (unpaired) electrons. The van der Waals surface area contributed by atoms with Gasteiger partial charge in [0, 0.05) is 59.8 Å². The Kier molecular flexibility index (Phi) is 5.19. The van der Waals surface area contributed by atoms with Gasteiger partial charge in [0.15, 0.2) is 0 Å². The van der Waals surface area contributed by atoms with Crippen molar-refractivity contribution in [2.75, 3.05) is 28.5 Å². The van der Waals surface area contributed by atoms with Crippen LogP contribution in [0.1, 0.15) is 50.2 Å². The summed E-state index contributed by atoms with van der Waals surface area (Å²) in [5.41, 5.74) is 5.92. The van der Waals surface area contributed by atoms with E-state index in [2.05, 4.69) is 9.62 Å². The first-order valence-corrected chi connectivity index (χ1v) is 13.2. The molecule has 1 aliphatic heterocycles. The fourth-order valence-corrected chi connectivity index (χ4v) is 6.55. The third-order valence-corrected chi connectivity index (χ3v) is 8.63. The zero-order valence-corrected chi connectivity index (χ0v) is 19.7. The van der Waals surface area contributed by atoms with E-state index in [1.54, 1.807) is 11.6 Å². The summed E-state index contributed by atoms with van der Waals surface area (Å²) in [5, 5.41) is 0. The Balaban J connectivity index is 1.58. The molecule has 7 heteroatoms. The first-order valence-electron chi connectivity index (χ1n) is 11.6. The van der Waals surface area contributed by atoms with Crippen molar-refractivity contribution in [1.29, 1.82) is 0 Å². The molecule has 5 rings (SSSR count). The molecular weight excluding hydrogens is 422 g/mol. The molecule has 2 aromatic rings. The highest BCUT2D eigenvalue weighted by Gasteiger charge is 2.47. The van der Waals surface area contributed by atoms with Crippen LogP contribution < -0.4 is 15.2 Å². The second kappa shape index (κ2) is 7.80. The molecule has 0 amide bonds. The van der Waals surface area contributed by atoms with E-state index in [9.17, 15) is 13.2 Å². The second-order valence-corrected chi connectivity index (χ2v) is 11.5. The number of sulfonamides is 1. The lowest BCUT2D eigenvalue weighted by atomic mass is 9.63. The van der Waals surface area contributed by atoms with Crippen molar-refractivity contribution >= 4 is 27.5 Å². The zero-order valence-electron chi connectivity index (χ0n) is 18.9. The summed E-state index contributed by atoms with van der Waals surface area (Å²) in [6, 6.07) is 5.84. The summed E-state index contributed by atoms with van der Waals surface area (Å²) in [7, 11) is -1.61. The maximum atomic E-state index is 12.6. The van der Waals surface area contributed by atoms with Crippen LogP contribution in [0.4, 0.5) is 11.4 Å². The molecule has 1 aromatic heterocycles. The summed E-state index contributed by atoms with van der Waals surface area (Å²) in [5.74, 6) is 0.118. The van der Waals surface area contributed by atoms with E-state index < -0.39 is 10.0 Å². The van der Waals surface area contributed by atoms with Crippen LogP contribution in [0.15, 0.2) is 35.3 Å². The topological polar surface area (TPSA) is 71.4 Å². The van der Waals surface area contributed by atoms with Crippen LogP contribution in [-0.4, -0.2) is 31.8 Å². The number of fused-ring (bicyclic) bond motifs is 1. The minimum atomic E-state index is -3.39. The molecule has 1 spiro atoms. The van der Waals surface area contributed by atoms with Gasteiger partial charge in [-0.15, -0.1) is 0 Å². The average Bonchev–Trinajstić information content (AvgIpc) is 3.18. The standard InChI is InChI=1S/C25H31N3O3S/c1-3-4-13-32(30,31)26-18-9-10-23(28-16-25(17-28)11-6-12-25)21(14-18)22-15-27(2)24(29)20-8-5-7-19(20)22/h5,7,9-10,14-15,26H,3-4,6,8,11-13,16-17H2,1-2H3. The largest absolute Gasteiger partial charge is 0.370 e. The lowest BCUT2D eigenvalue weighted by Crippen LogP contribution is -2.60. The highest BCUT2D eigenvalue weighted by atomic mass is 32.2. The summed E-state index contributed by atoms with van der Waals surface area (Å²) < 4.78 is 29.5. The van der Waals surface area contributed by atoms with Crippen LogP contribution in [0, 0.1) is 5.41 Å². The molecule has 1 saturated heterocycles. The van der Waals surface area contributed by atoms with Crippen molar-refractivity contribution in [2.24, 2.45) is 12.5 Å². The van der Waals surface area contributed by atoms with Crippen LogP contribution in [0.3, 0.4) is 0 Å². The Morgan fingerprint density at radius 3 is 2.62 bits per heavy atom. The number of allylic oxidation sites excluding steroid dienone is 1. The molecule has 2 heterocycles. The lowest BCUT2D eigenvalue weighted by molar-refractivity contribution is 0.0905. The van der Waals surface area contributed by atoms with E-state index in [1.807, 2.05) is 43.5 Å². The molecular formula is C25H31N3O3S. The Morgan fingerprint density at radius 2 is 1.94 bits per heavy atom. The lowest BCUT2D eigenvalue weighted by Gasteiger charge is -2.57.